The summed E-state index contributed by atoms with van der Waals surface area (Å²) >= 11 is 7.58. The van der Waals surface area contributed by atoms with E-state index >= 15 is 0 Å². The summed E-state index contributed by atoms with van der Waals surface area (Å²) in [5, 5.41) is 5.80. The lowest BCUT2D eigenvalue weighted by Gasteiger charge is -2.18. The van der Waals surface area contributed by atoms with E-state index in [-0.39, 0.29) is 11.9 Å². The number of carbonyl (C=O) groups excluding carboxylic acids is 1. The van der Waals surface area contributed by atoms with E-state index in [2.05, 4.69) is 10.3 Å². The van der Waals surface area contributed by atoms with Crippen molar-refractivity contribution in [3.05, 3.63) is 87.3 Å². The summed E-state index contributed by atoms with van der Waals surface area (Å²) in [4.78, 5) is 17.5. The molecule has 0 saturated heterocycles. The van der Waals surface area contributed by atoms with Gasteiger partial charge in [0.1, 0.15) is 0 Å². The SMILES string of the molecule is O=C(Cc1ccncc1)NC(c1ccc(Cl)cc1)c1cccs1. The second kappa shape index (κ2) is 7.40. The van der Waals surface area contributed by atoms with Crippen LogP contribution in [0, 0.1) is 0 Å². The number of benzene rings is 1. The second-order valence-corrected chi connectivity index (χ2v) is 6.52. The zero-order valence-electron chi connectivity index (χ0n) is 12.3. The summed E-state index contributed by atoms with van der Waals surface area (Å²) in [7, 11) is 0. The summed E-state index contributed by atoms with van der Waals surface area (Å²) in [6.07, 6.45) is 3.72. The van der Waals surface area contributed by atoms with Gasteiger partial charge in [0.15, 0.2) is 0 Å². The molecule has 1 aromatic carbocycles. The fourth-order valence-corrected chi connectivity index (χ4v) is 3.26. The smallest absolute Gasteiger partial charge is 0.225 e. The maximum Gasteiger partial charge on any atom is 0.225 e. The topological polar surface area (TPSA) is 42.0 Å². The number of aromatic nitrogens is 1. The molecule has 0 spiro atoms. The number of nitrogens with zero attached hydrogens (tertiary/aromatic N) is 1. The van der Waals surface area contributed by atoms with Crippen LogP contribution in [0.2, 0.25) is 5.02 Å². The van der Waals surface area contributed by atoms with Gasteiger partial charge >= 0.3 is 0 Å². The first kappa shape index (κ1) is 15.7. The number of carbonyl (C=O) groups is 1. The Balaban J connectivity index is 1.79. The molecule has 2 heterocycles. The van der Waals surface area contributed by atoms with Gasteiger partial charge in [-0.25, -0.2) is 0 Å². The number of thiophene rings is 1. The molecule has 3 rings (SSSR count). The number of halogens is 1. The highest BCUT2D eigenvalue weighted by Gasteiger charge is 2.18. The Hall–Kier alpha value is -2.17. The van der Waals surface area contributed by atoms with Crippen LogP contribution >= 0.6 is 22.9 Å². The first-order valence-electron chi connectivity index (χ1n) is 7.19. The van der Waals surface area contributed by atoms with E-state index in [0.29, 0.717) is 11.4 Å². The molecule has 0 radical (unpaired) electrons. The van der Waals surface area contributed by atoms with E-state index in [9.17, 15) is 4.79 Å². The quantitative estimate of drug-likeness (QED) is 0.753. The van der Waals surface area contributed by atoms with Crippen LogP contribution in [-0.2, 0) is 11.2 Å². The van der Waals surface area contributed by atoms with Crippen LogP contribution in [0.1, 0.15) is 22.0 Å². The highest BCUT2D eigenvalue weighted by Crippen LogP contribution is 2.27. The lowest BCUT2D eigenvalue weighted by Crippen LogP contribution is -2.30. The summed E-state index contributed by atoms with van der Waals surface area (Å²) in [5.74, 6) is -0.0236. The molecule has 1 N–H and O–H groups in total. The van der Waals surface area contributed by atoms with Gasteiger partial charge in [-0.1, -0.05) is 29.8 Å². The number of hydrogen-bond acceptors (Lipinski definition) is 3. The molecule has 2 aromatic heterocycles. The van der Waals surface area contributed by atoms with Crippen LogP contribution in [0.5, 0.6) is 0 Å². The summed E-state index contributed by atoms with van der Waals surface area (Å²) in [6, 6.07) is 15.1. The molecule has 3 nitrogen and oxygen atoms in total. The second-order valence-electron chi connectivity index (χ2n) is 5.10. The molecule has 0 aliphatic carbocycles. The van der Waals surface area contributed by atoms with Crippen LogP contribution in [0.15, 0.2) is 66.3 Å². The molecule has 1 atom stereocenters. The van der Waals surface area contributed by atoms with Gasteiger partial charge in [0.05, 0.1) is 12.5 Å². The molecule has 0 saturated carbocycles. The Morgan fingerprint density at radius 2 is 1.87 bits per heavy atom. The number of rotatable bonds is 5. The number of amides is 1. The molecule has 0 aliphatic heterocycles. The highest BCUT2D eigenvalue weighted by atomic mass is 35.5. The third-order valence-electron chi connectivity index (χ3n) is 3.45. The normalized spacial score (nSPS) is 11.9. The van der Waals surface area contributed by atoms with Gasteiger partial charge in [-0.2, -0.15) is 0 Å². The fourth-order valence-electron chi connectivity index (χ4n) is 2.33. The van der Waals surface area contributed by atoms with Crippen molar-refractivity contribution < 1.29 is 4.79 Å². The third-order valence-corrected chi connectivity index (χ3v) is 4.64. The van der Waals surface area contributed by atoms with Crippen LogP contribution < -0.4 is 5.32 Å². The van der Waals surface area contributed by atoms with Crippen molar-refractivity contribution in [3.8, 4) is 0 Å². The minimum Gasteiger partial charge on any atom is -0.344 e. The average Bonchev–Trinajstić information content (AvgIpc) is 3.09. The fraction of sp³-hybridized carbons (Fsp3) is 0.111. The Bertz CT molecular complexity index is 757. The zero-order chi connectivity index (χ0) is 16.1. The molecular weight excluding hydrogens is 328 g/mol. The minimum absolute atomic E-state index is 0.0236. The molecule has 1 amide bonds. The van der Waals surface area contributed by atoms with E-state index in [1.807, 2.05) is 53.9 Å². The van der Waals surface area contributed by atoms with Crippen LogP contribution in [-0.4, -0.2) is 10.9 Å². The van der Waals surface area contributed by atoms with E-state index in [1.54, 1.807) is 23.7 Å². The Morgan fingerprint density at radius 1 is 1.13 bits per heavy atom. The van der Waals surface area contributed by atoms with E-state index < -0.39 is 0 Å². The maximum absolute atomic E-state index is 12.4. The summed E-state index contributed by atoms with van der Waals surface area (Å²) in [5.41, 5.74) is 1.96. The number of hydrogen-bond donors (Lipinski definition) is 1. The van der Waals surface area contributed by atoms with Gasteiger partial charge in [-0.15, -0.1) is 11.3 Å². The van der Waals surface area contributed by atoms with Gasteiger partial charge in [0.2, 0.25) is 5.91 Å². The Morgan fingerprint density at radius 3 is 2.52 bits per heavy atom. The van der Waals surface area contributed by atoms with Crippen molar-refractivity contribution in [2.24, 2.45) is 0 Å². The van der Waals surface area contributed by atoms with E-state index in [0.717, 1.165) is 16.0 Å². The van der Waals surface area contributed by atoms with Crippen molar-refractivity contribution in [3.63, 3.8) is 0 Å². The van der Waals surface area contributed by atoms with Gasteiger partial charge in [-0.05, 0) is 46.8 Å². The van der Waals surface area contributed by atoms with Gasteiger partial charge in [0.25, 0.3) is 0 Å². The van der Waals surface area contributed by atoms with Crippen LogP contribution in [0.4, 0.5) is 0 Å². The predicted octanol–water partition coefficient (Wildman–Crippen LogP) is 4.24. The minimum atomic E-state index is -0.165. The third kappa shape index (κ3) is 4.18. The molecule has 23 heavy (non-hydrogen) atoms. The van der Waals surface area contributed by atoms with Crippen molar-refractivity contribution in [2.45, 2.75) is 12.5 Å². The average molecular weight is 343 g/mol. The van der Waals surface area contributed by atoms with Crippen molar-refractivity contribution in [2.75, 3.05) is 0 Å². The number of nitrogens with one attached hydrogen (secondary N) is 1. The first-order chi connectivity index (χ1) is 11.2. The largest absolute Gasteiger partial charge is 0.344 e. The molecule has 116 valence electrons. The molecule has 0 bridgehead atoms. The van der Waals surface area contributed by atoms with Crippen molar-refractivity contribution in [1.82, 2.24) is 10.3 Å². The Labute approximate surface area is 144 Å². The lowest BCUT2D eigenvalue weighted by atomic mass is 10.0. The van der Waals surface area contributed by atoms with Gasteiger partial charge in [0, 0.05) is 22.3 Å². The van der Waals surface area contributed by atoms with Crippen LogP contribution in [0.3, 0.4) is 0 Å². The molecule has 3 aromatic rings. The summed E-state index contributed by atoms with van der Waals surface area (Å²) in [6.45, 7) is 0. The monoisotopic (exact) mass is 342 g/mol. The van der Waals surface area contributed by atoms with Gasteiger partial charge < -0.3 is 5.32 Å². The van der Waals surface area contributed by atoms with E-state index in [1.165, 1.54) is 0 Å². The molecule has 0 fully saturated rings. The first-order valence-corrected chi connectivity index (χ1v) is 8.45. The number of pyridine rings is 1. The van der Waals surface area contributed by atoms with Crippen molar-refractivity contribution >= 4 is 28.8 Å². The summed E-state index contributed by atoms with van der Waals surface area (Å²) < 4.78 is 0. The molecule has 1 unspecified atom stereocenters. The van der Waals surface area contributed by atoms with Crippen LogP contribution in [0.25, 0.3) is 0 Å². The standard InChI is InChI=1S/C18H15ClN2OS/c19-15-5-3-14(4-6-15)18(16-2-1-11-23-16)21-17(22)12-13-7-9-20-10-8-13/h1-11,18H,12H2,(H,21,22). The highest BCUT2D eigenvalue weighted by molar-refractivity contribution is 7.10. The zero-order valence-corrected chi connectivity index (χ0v) is 13.8. The maximum atomic E-state index is 12.4. The molecule has 5 heteroatoms. The molecular formula is C18H15ClN2OS. The van der Waals surface area contributed by atoms with E-state index in [4.69, 9.17) is 11.6 Å². The van der Waals surface area contributed by atoms with Crippen molar-refractivity contribution in [1.29, 1.82) is 0 Å². The van der Waals surface area contributed by atoms with Gasteiger partial charge in [-0.3, -0.25) is 9.78 Å². The lowest BCUT2D eigenvalue weighted by molar-refractivity contribution is -0.120. The predicted molar refractivity (Wildman–Crippen MR) is 93.7 cm³/mol. The molecule has 0 aliphatic rings. The Kier molecular flexibility index (Phi) is 5.05.